The first kappa shape index (κ1) is 19.2. The van der Waals surface area contributed by atoms with Crippen molar-refractivity contribution >= 4 is 5.91 Å². The molecule has 4 rings (SSSR count). The SMILES string of the molecule is CC(C)N[C@@H]1CC[C@@H]1NC(=O)c1ccc(CN2CCc3ccccc3C2)cc1. The third-order valence-electron chi connectivity index (χ3n) is 5.97. The Hall–Kier alpha value is -2.17. The summed E-state index contributed by atoms with van der Waals surface area (Å²) in [5.41, 5.74) is 4.93. The molecule has 1 aliphatic carbocycles. The molecular formula is C24H31N3O. The van der Waals surface area contributed by atoms with Crippen molar-refractivity contribution in [2.75, 3.05) is 6.54 Å². The largest absolute Gasteiger partial charge is 0.348 e. The topological polar surface area (TPSA) is 44.4 Å². The van der Waals surface area contributed by atoms with Gasteiger partial charge in [0.2, 0.25) is 0 Å². The van der Waals surface area contributed by atoms with Gasteiger partial charge in [-0.2, -0.15) is 0 Å². The smallest absolute Gasteiger partial charge is 0.251 e. The van der Waals surface area contributed by atoms with Gasteiger partial charge in [0.15, 0.2) is 0 Å². The lowest BCUT2D eigenvalue weighted by Gasteiger charge is -2.39. The van der Waals surface area contributed by atoms with E-state index in [0.29, 0.717) is 12.1 Å². The van der Waals surface area contributed by atoms with Gasteiger partial charge in [-0.3, -0.25) is 9.69 Å². The highest BCUT2D eigenvalue weighted by Crippen LogP contribution is 2.22. The number of benzene rings is 2. The van der Waals surface area contributed by atoms with Crippen molar-refractivity contribution in [2.24, 2.45) is 0 Å². The zero-order chi connectivity index (χ0) is 19.5. The van der Waals surface area contributed by atoms with Crippen molar-refractivity contribution in [3.8, 4) is 0 Å². The van der Waals surface area contributed by atoms with Gasteiger partial charge in [-0.05, 0) is 48.1 Å². The lowest BCUT2D eigenvalue weighted by Crippen LogP contribution is -2.58. The van der Waals surface area contributed by atoms with Crippen LogP contribution in [0.2, 0.25) is 0 Å². The van der Waals surface area contributed by atoms with Crippen molar-refractivity contribution in [1.29, 1.82) is 0 Å². The van der Waals surface area contributed by atoms with Gasteiger partial charge in [0.1, 0.15) is 0 Å². The molecule has 2 aliphatic rings. The number of nitrogens with one attached hydrogen (secondary N) is 2. The molecule has 2 aromatic rings. The number of amides is 1. The molecular weight excluding hydrogens is 346 g/mol. The number of rotatable bonds is 6. The Morgan fingerprint density at radius 3 is 2.43 bits per heavy atom. The molecule has 2 N–H and O–H groups in total. The molecule has 2 aromatic carbocycles. The minimum Gasteiger partial charge on any atom is -0.348 e. The number of hydrogen-bond donors (Lipinski definition) is 2. The molecule has 1 fully saturated rings. The van der Waals surface area contributed by atoms with Gasteiger partial charge < -0.3 is 10.6 Å². The Balaban J connectivity index is 1.31. The highest BCUT2D eigenvalue weighted by molar-refractivity contribution is 5.94. The number of carbonyl (C=O) groups is 1. The van der Waals surface area contributed by atoms with Crippen molar-refractivity contribution in [3.63, 3.8) is 0 Å². The molecule has 1 aliphatic heterocycles. The number of nitrogens with zero attached hydrogens (tertiary/aromatic N) is 1. The summed E-state index contributed by atoms with van der Waals surface area (Å²) in [6.07, 6.45) is 3.31. The van der Waals surface area contributed by atoms with E-state index in [1.165, 1.54) is 16.7 Å². The van der Waals surface area contributed by atoms with Gasteiger partial charge in [-0.15, -0.1) is 0 Å². The molecule has 28 heavy (non-hydrogen) atoms. The van der Waals surface area contributed by atoms with Crippen LogP contribution in [0.4, 0.5) is 0 Å². The molecule has 0 unspecified atom stereocenters. The Morgan fingerprint density at radius 1 is 1.04 bits per heavy atom. The predicted octanol–water partition coefficient (Wildman–Crippen LogP) is 3.50. The highest BCUT2D eigenvalue weighted by atomic mass is 16.1. The lowest BCUT2D eigenvalue weighted by molar-refractivity contribution is 0.0891. The molecule has 0 aromatic heterocycles. The third-order valence-corrected chi connectivity index (χ3v) is 5.97. The Bertz CT molecular complexity index is 815. The summed E-state index contributed by atoms with van der Waals surface area (Å²) < 4.78 is 0. The van der Waals surface area contributed by atoms with Crippen LogP contribution < -0.4 is 10.6 Å². The Labute approximate surface area is 168 Å². The summed E-state index contributed by atoms with van der Waals surface area (Å²) in [7, 11) is 0. The molecule has 0 radical (unpaired) electrons. The summed E-state index contributed by atoms with van der Waals surface area (Å²) in [6, 6.07) is 18.0. The van der Waals surface area contributed by atoms with Crippen molar-refractivity contribution in [2.45, 2.75) is 64.3 Å². The Morgan fingerprint density at radius 2 is 1.75 bits per heavy atom. The van der Waals surface area contributed by atoms with Gasteiger partial charge in [-0.25, -0.2) is 0 Å². The summed E-state index contributed by atoms with van der Waals surface area (Å²) in [4.78, 5) is 15.0. The van der Waals surface area contributed by atoms with E-state index in [1.807, 2.05) is 12.1 Å². The summed E-state index contributed by atoms with van der Waals surface area (Å²) in [5, 5.41) is 6.72. The first-order valence-corrected chi connectivity index (χ1v) is 10.5. The van der Waals surface area contributed by atoms with Crippen molar-refractivity contribution in [1.82, 2.24) is 15.5 Å². The monoisotopic (exact) mass is 377 g/mol. The normalized spacial score (nSPS) is 21.8. The minimum absolute atomic E-state index is 0.0405. The van der Waals surface area contributed by atoms with Crippen LogP contribution in [0.25, 0.3) is 0 Å². The number of hydrogen-bond acceptors (Lipinski definition) is 3. The van der Waals surface area contributed by atoms with Crippen LogP contribution in [-0.2, 0) is 19.5 Å². The average molecular weight is 378 g/mol. The maximum absolute atomic E-state index is 12.6. The second-order valence-electron chi connectivity index (χ2n) is 8.51. The minimum atomic E-state index is 0.0405. The van der Waals surface area contributed by atoms with Gasteiger partial charge in [0, 0.05) is 43.3 Å². The standard InChI is InChI=1S/C24H31N3O/c1-17(2)25-22-11-12-23(22)26-24(28)20-9-7-18(8-10-20)15-27-14-13-19-5-3-4-6-21(19)16-27/h3-10,17,22-23,25H,11-16H2,1-2H3,(H,26,28)/t22-,23+/m1/s1. The third kappa shape index (κ3) is 4.45. The maximum Gasteiger partial charge on any atom is 0.251 e. The molecule has 1 heterocycles. The quantitative estimate of drug-likeness (QED) is 0.810. The van der Waals surface area contributed by atoms with Crippen LogP contribution in [0, 0.1) is 0 Å². The average Bonchev–Trinajstić information content (AvgIpc) is 2.69. The Kier molecular flexibility index (Phi) is 5.79. The van der Waals surface area contributed by atoms with E-state index < -0.39 is 0 Å². The molecule has 0 spiro atoms. The van der Waals surface area contributed by atoms with Gasteiger partial charge in [0.05, 0.1) is 0 Å². The molecule has 1 saturated carbocycles. The molecule has 148 valence electrons. The van der Waals surface area contributed by atoms with Crippen molar-refractivity contribution < 1.29 is 4.79 Å². The molecule has 0 bridgehead atoms. The van der Waals surface area contributed by atoms with Crippen molar-refractivity contribution in [3.05, 3.63) is 70.8 Å². The fourth-order valence-corrected chi connectivity index (χ4v) is 4.26. The lowest BCUT2D eigenvalue weighted by atomic mass is 9.85. The summed E-state index contributed by atoms with van der Waals surface area (Å²) in [5.74, 6) is 0.0405. The first-order valence-electron chi connectivity index (χ1n) is 10.5. The van der Waals surface area contributed by atoms with Crippen LogP contribution in [0.3, 0.4) is 0 Å². The summed E-state index contributed by atoms with van der Waals surface area (Å²) >= 11 is 0. The molecule has 4 heteroatoms. The first-order chi connectivity index (χ1) is 13.6. The fourth-order valence-electron chi connectivity index (χ4n) is 4.26. The van der Waals surface area contributed by atoms with Gasteiger partial charge in [-0.1, -0.05) is 50.2 Å². The van der Waals surface area contributed by atoms with E-state index in [9.17, 15) is 4.79 Å². The zero-order valence-electron chi connectivity index (χ0n) is 16.9. The van der Waals surface area contributed by atoms with Crippen LogP contribution in [0.15, 0.2) is 48.5 Å². The molecule has 0 saturated heterocycles. The molecule has 1 amide bonds. The van der Waals surface area contributed by atoms with Crippen LogP contribution in [0.5, 0.6) is 0 Å². The fraction of sp³-hybridized carbons (Fsp3) is 0.458. The summed E-state index contributed by atoms with van der Waals surface area (Å²) in [6.45, 7) is 7.32. The molecule has 2 atom stereocenters. The zero-order valence-corrected chi connectivity index (χ0v) is 16.9. The van der Waals surface area contributed by atoms with E-state index in [2.05, 4.69) is 65.8 Å². The van der Waals surface area contributed by atoms with Gasteiger partial charge in [0.25, 0.3) is 5.91 Å². The number of carbonyl (C=O) groups excluding carboxylic acids is 1. The van der Waals surface area contributed by atoms with E-state index in [1.54, 1.807) is 0 Å². The van der Waals surface area contributed by atoms with Crippen LogP contribution >= 0.6 is 0 Å². The van der Waals surface area contributed by atoms with E-state index in [-0.39, 0.29) is 11.9 Å². The maximum atomic E-state index is 12.6. The predicted molar refractivity (Wildman–Crippen MR) is 113 cm³/mol. The second-order valence-corrected chi connectivity index (χ2v) is 8.51. The van der Waals surface area contributed by atoms with Gasteiger partial charge >= 0.3 is 0 Å². The van der Waals surface area contributed by atoms with E-state index in [4.69, 9.17) is 0 Å². The highest BCUT2D eigenvalue weighted by Gasteiger charge is 2.32. The van der Waals surface area contributed by atoms with Crippen LogP contribution in [0.1, 0.15) is 53.7 Å². The number of fused-ring (bicyclic) bond motifs is 1. The van der Waals surface area contributed by atoms with E-state index in [0.717, 1.165) is 44.5 Å². The molecule has 4 nitrogen and oxygen atoms in total. The van der Waals surface area contributed by atoms with E-state index >= 15 is 0 Å². The van der Waals surface area contributed by atoms with Crippen LogP contribution in [-0.4, -0.2) is 35.5 Å². The second kappa shape index (κ2) is 8.46.